The van der Waals surface area contributed by atoms with E-state index in [9.17, 15) is 21.4 Å². The third-order valence-electron chi connectivity index (χ3n) is 11.0. The van der Waals surface area contributed by atoms with Crippen LogP contribution in [0.4, 0.5) is 0 Å². The van der Waals surface area contributed by atoms with Crippen molar-refractivity contribution in [3.63, 3.8) is 0 Å². The van der Waals surface area contributed by atoms with Gasteiger partial charge in [-0.3, -0.25) is 9.11 Å². The molecule has 0 unspecified atom stereocenters. The van der Waals surface area contributed by atoms with Crippen LogP contribution < -0.4 is 0 Å². The second-order valence-electron chi connectivity index (χ2n) is 13.2. The zero-order valence-electron chi connectivity index (χ0n) is 22.9. The largest absolute Gasteiger partial charge is 0.397 e. The Kier molecular flexibility index (Phi) is 8.34. The zero-order chi connectivity index (χ0) is 27.4. The Labute approximate surface area is 223 Å². The minimum absolute atomic E-state index is 0.00146. The summed E-state index contributed by atoms with van der Waals surface area (Å²) in [7, 11) is -8.90. The summed E-state index contributed by atoms with van der Waals surface area (Å²) in [6.07, 6.45) is 10.7. The van der Waals surface area contributed by atoms with Crippen molar-refractivity contribution in [2.24, 2.45) is 46.3 Å². The van der Waals surface area contributed by atoms with Crippen molar-refractivity contribution < 1.29 is 34.3 Å². The summed E-state index contributed by atoms with van der Waals surface area (Å²) in [6, 6.07) is 0. The van der Waals surface area contributed by atoms with Crippen molar-refractivity contribution in [1.29, 1.82) is 0 Å². The van der Waals surface area contributed by atoms with E-state index in [1.54, 1.807) is 0 Å². The van der Waals surface area contributed by atoms with Gasteiger partial charge in [0.15, 0.2) is 0 Å². The lowest BCUT2D eigenvalue weighted by atomic mass is 9.47. The van der Waals surface area contributed by atoms with E-state index in [0.29, 0.717) is 48.9 Å². The fourth-order valence-corrected chi connectivity index (χ4v) is 10.3. The van der Waals surface area contributed by atoms with Crippen LogP contribution in [0.2, 0.25) is 0 Å². The summed E-state index contributed by atoms with van der Waals surface area (Å²) in [4.78, 5) is 0. The minimum Gasteiger partial charge on any atom is -0.264 e. The molecular formula is C27H46O8S2. The summed E-state index contributed by atoms with van der Waals surface area (Å²) in [5.74, 6) is 2.87. The van der Waals surface area contributed by atoms with Crippen LogP contribution in [0.15, 0.2) is 11.6 Å². The Balaban J connectivity index is 1.44. The van der Waals surface area contributed by atoms with Gasteiger partial charge in [-0.25, -0.2) is 8.37 Å². The van der Waals surface area contributed by atoms with E-state index in [1.807, 2.05) is 13.8 Å². The first-order chi connectivity index (χ1) is 17.0. The maximum Gasteiger partial charge on any atom is 0.397 e. The highest BCUT2D eigenvalue weighted by Crippen LogP contribution is 2.67. The Hall–Kier alpha value is -0.520. The SMILES string of the molecule is CC(C)[C@H](CC[C@@H](C)[C@H]1CC[C@H]2[C@@H]3CC=C4C[C@@H](OS(=O)(=O)O)CC[C@]4(C)[C@H]3CC[C@]12C)OS(=O)(=O)O. The molecule has 4 rings (SSSR count). The molecule has 3 fully saturated rings. The molecule has 4 aliphatic carbocycles. The van der Waals surface area contributed by atoms with E-state index in [2.05, 4.69) is 26.8 Å². The van der Waals surface area contributed by atoms with Gasteiger partial charge in [0.05, 0.1) is 12.2 Å². The van der Waals surface area contributed by atoms with Gasteiger partial charge in [0.25, 0.3) is 0 Å². The zero-order valence-corrected chi connectivity index (χ0v) is 24.6. The molecule has 10 heteroatoms. The van der Waals surface area contributed by atoms with Crippen LogP contribution in [0.5, 0.6) is 0 Å². The maximum absolute atomic E-state index is 11.3. The van der Waals surface area contributed by atoms with Crippen molar-refractivity contribution in [1.82, 2.24) is 0 Å². The van der Waals surface area contributed by atoms with Gasteiger partial charge in [0.1, 0.15) is 0 Å². The van der Waals surface area contributed by atoms with E-state index in [4.69, 9.17) is 12.9 Å². The predicted molar refractivity (Wildman–Crippen MR) is 141 cm³/mol. The first-order valence-electron chi connectivity index (χ1n) is 14.0. The summed E-state index contributed by atoms with van der Waals surface area (Å²) in [5.41, 5.74) is 1.62. The topological polar surface area (TPSA) is 127 Å². The van der Waals surface area contributed by atoms with Crippen LogP contribution >= 0.6 is 0 Å². The van der Waals surface area contributed by atoms with E-state index < -0.39 is 33.0 Å². The molecule has 9 atom stereocenters. The number of allylic oxidation sites excluding steroid dienone is 1. The number of hydrogen-bond acceptors (Lipinski definition) is 6. The highest BCUT2D eigenvalue weighted by atomic mass is 32.3. The molecule has 3 saturated carbocycles. The smallest absolute Gasteiger partial charge is 0.264 e. The van der Waals surface area contributed by atoms with Crippen LogP contribution in [-0.4, -0.2) is 38.1 Å². The first kappa shape index (κ1) is 29.5. The molecule has 0 aromatic carbocycles. The number of hydrogen-bond donors (Lipinski definition) is 2. The monoisotopic (exact) mass is 562 g/mol. The van der Waals surface area contributed by atoms with Gasteiger partial charge >= 0.3 is 20.8 Å². The summed E-state index contributed by atoms with van der Waals surface area (Å²) < 4.78 is 73.4. The molecule has 8 nitrogen and oxygen atoms in total. The maximum atomic E-state index is 11.3. The normalized spacial score (nSPS) is 39.9. The molecule has 0 bridgehead atoms. The van der Waals surface area contributed by atoms with Gasteiger partial charge in [0, 0.05) is 0 Å². The Morgan fingerprint density at radius 2 is 1.65 bits per heavy atom. The molecule has 2 N–H and O–H groups in total. The van der Waals surface area contributed by atoms with Crippen molar-refractivity contribution in [2.75, 3.05) is 0 Å². The highest BCUT2D eigenvalue weighted by molar-refractivity contribution is 7.81. The van der Waals surface area contributed by atoms with Gasteiger partial charge in [-0.15, -0.1) is 0 Å². The van der Waals surface area contributed by atoms with Crippen molar-refractivity contribution in [3.8, 4) is 0 Å². The molecule has 4 aliphatic rings. The second kappa shape index (κ2) is 10.5. The third kappa shape index (κ3) is 6.14. The fourth-order valence-electron chi connectivity index (χ4n) is 9.13. The number of fused-ring (bicyclic) bond motifs is 5. The molecule has 0 aliphatic heterocycles. The van der Waals surface area contributed by atoms with Crippen molar-refractivity contribution in [2.45, 2.75) is 111 Å². The summed E-state index contributed by atoms with van der Waals surface area (Å²) in [5, 5.41) is 0. The molecule has 37 heavy (non-hydrogen) atoms. The van der Waals surface area contributed by atoms with Crippen LogP contribution in [0.3, 0.4) is 0 Å². The standard InChI is InChI=1S/C27H46O8S2/c1-17(2)25(35-37(31,32)33)11-6-18(3)22-9-10-23-21-8-7-19-16-20(34-36(28,29)30)12-14-26(19,4)24(21)13-15-27(22,23)5/h7,17-18,20-25H,6,8-16H2,1-5H3,(H,28,29,30)(H,31,32,33)/t18-,20+,21+,22-,23+,24+,25+,26+,27-/m1/s1. The molecule has 214 valence electrons. The molecular weight excluding hydrogens is 516 g/mol. The molecule has 0 spiro atoms. The Morgan fingerprint density at radius 1 is 0.946 bits per heavy atom. The van der Waals surface area contributed by atoms with Crippen LogP contribution in [0.25, 0.3) is 0 Å². The minimum atomic E-state index is -4.46. The van der Waals surface area contributed by atoms with Gasteiger partial charge < -0.3 is 0 Å². The Morgan fingerprint density at radius 3 is 2.27 bits per heavy atom. The van der Waals surface area contributed by atoms with Crippen LogP contribution in [0.1, 0.15) is 98.8 Å². The first-order valence-corrected chi connectivity index (χ1v) is 16.8. The summed E-state index contributed by atoms with van der Waals surface area (Å²) >= 11 is 0. The van der Waals surface area contributed by atoms with E-state index in [1.165, 1.54) is 31.3 Å². The quantitative estimate of drug-likeness (QED) is 0.258. The van der Waals surface area contributed by atoms with Crippen molar-refractivity contribution >= 4 is 20.8 Å². The average molecular weight is 563 g/mol. The van der Waals surface area contributed by atoms with Crippen LogP contribution in [0, 0.1) is 46.3 Å². The summed E-state index contributed by atoms with van der Waals surface area (Å²) in [6.45, 7) is 11.0. The highest BCUT2D eigenvalue weighted by Gasteiger charge is 2.59. The lowest BCUT2D eigenvalue weighted by Gasteiger charge is -2.58. The van der Waals surface area contributed by atoms with Gasteiger partial charge in [-0.05, 0) is 111 Å². The fraction of sp³-hybridized carbons (Fsp3) is 0.926. The third-order valence-corrected chi connectivity index (χ3v) is 12.0. The molecule has 0 radical (unpaired) electrons. The van der Waals surface area contributed by atoms with Gasteiger partial charge in [-0.1, -0.05) is 46.3 Å². The Bertz CT molecular complexity index is 1080. The van der Waals surface area contributed by atoms with E-state index in [0.717, 1.165) is 19.3 Å². The van der Waals surface area contributed by atoms with Crippen molar-refractivity contribution in [3.05, 3.63) is 11.6 Å². The van der Waals surface area contributed by atoms with Gasteiger partial charge in [-0.2, -0.15) is 16.8 Å². The second-order valence-corrected chi connectivity index (χ2v) is 15.3. The van der Waals surface area contributed by atoms with Gasteiger partial charge in [0.2, 0.25) is 0 Å². The van der Waals surface area contributed by atoms with E-state index in [-0.39, 0.29) is 16.7 Å². The number of rotatable bonds is 9. The van der Waals surface area contributed by atoms with Crippen LogP contribution in [-0.2, 0) is 29.2 Å². The molecule has 0 aromatic heterocycles. The molecule has 0 heterocycles. The molecule has 0 amide bonds. The average Bonchev–Trinajstić information content (AvgIpc) is 3.12. The molecule has 0 saturated heterocycles. The lowest BCUT2D eigenvalue weighted by Crippen LogP contribution is -2.51. The molecule has 0 aromatic rings. The van der Waals surface area contributed by atoms with E-state index >= 15 is 0 Å². The predicted octanol–water partition coefficient (Wildman–Crippen LogP) is 6.01. The lowest BCUT2D eigenvalue weighted by molar-refractivity contribution is -0.0566.